The van der Waals surface area contributed by atoms with E-state index in [1.165, 1.54) is 13.3 Å². The average molecular weight is 311 g/mol. The highest BCUT2D eigenvalue weighted by atomic mass is 35.5. The van der Waals surface area contributed by atoms with Gasteiger partial charge in [-0.2, -0.15) is 0 Å². The number of hydrogen-bond acceptors (Lipinski definition) is 3. The molecule has 0 saturated carbocycles. The van der Waals surface area contributed by atoms with E-state index in [1.54, 1.807) is 24.3 Å². The predicted molar refractivity (Wildman–Crippen MR) is 79.9 cm³/mol. The number of hydrogen-bond donors (Lipinski definition) is 1. The Labute approximate surface area is 126 Å². The second-order valence-corrected chi connectivity index (χ2v) is 4.86. The Kier molecular flexibility index (Phi) is 4.47. The van der Waals surface area contributed by atoms with Crippen molar-refractivity contribution in [3.05, 3.63) is 51.8 Å². The first-order chi connectivity index (χ1) is 9.52. The maximum atomic E-state index is 12.2. The van der Waals surface area contributed by atoms with Crippen molar-refractivity contribution in [2.75, 3.05) is 12.4 Å². The van der Waals surface area contributed by atoms with Crippen molar-refractivity contribution in [3.63, 3.8) is 0 Å². The zero-order valence-corrected chi connectivity index (χ0v) is 12.4. The third-order valence-corrected chi connectivity index (χ3v) is 3.44. The van der Waals surface area contributed by atoms with Crippen molar-refractivity contribution in [1.29, 1.82) is 0 Å². The van der Waals surface area contributed by atoms with Gasteiger partial charge in [-0.3, -0.25) is 4.79 Å². The summed E-state index contributed by atoms with van der Waals surface area (Å²) in [5.41, 5.74) is 1.66. The van der Waals surface area contributed by atoms with Crippen LogP contribution < -0.4 is 10.1 Å². The molecule has 0 unspecified atom stereocenters. The van der Waals surface area contributed by atoms with Gasteiger partial charge in [-0.25, -0.2) is 4.98 Å². The highest BCUT2D eigenvalue weighted by molar-refractivity contribution is 6.33. The summed E-state index contributed by atoms with van der Waals surface area (Å²) < 4.78 is 5.20. The van der Waals surface area contributed by atoms with E-state index in [4.69, 9.17) is 27.9 Å². The Morgan fingerprint density at radius 3 is 2.75 bits per heavy atom. The first-order valence-corrected chi connectivity index (χ1v) is 6.54. The molecular formula is C14H12Cl2N2O2. The van der Waals surface area contributed by atoms with Gasteiger partial charge in [-0.1, -0.05) is 23.2 Å². The number of methoxy groups -OCH3 is 1. The van der Waals surface area contributed by atoms with Gasteiger partial charge in [0.2, 0.25) is 0 Å². The molecule has 2 rings (SSSR count). The standard InChI is InChI=1S/C14H12Cl2N2O2/c1-8-6-11(12(20-2)7-10(8)15)18-14(19)9-4-3-5-17-13(9)16/h3-7H,1-2H3,(H,18,19). The number of benzene rings is 1. The third kappa shape index (κ3) is 3.03. The minimum Gasteiger partial charge on any atom is -0.495 e. The van der Waals surface area contributed by atoms with E-state index in [0.717, 1.165) is 5.56 Å². The zero-order chi connectivity index (χ0) is 14.7. The molecule has 4 nitrogen and oxygen atoms in total. The van der Waals surface area contributed by atoms with Gasteiger partial charge in [-0.05, 0) is 30.7 Å². The molecule has 1 N–H and O–H groups in total. The van der Waals surface area contributed by atoms with E-state index in [9.17, 15) is 4.79 Å². The fourth-order valence-corrected chi connectivity index (χ4v) is 2.03. The van der Waals surface area contributed by atoms with E-state index in [0.29, 0.717) is 22.0 Å². The van der Waals surface area contributed by atoms with Gasteiger partial charge in [-0.15, -0.1) is 0 Å². The lowest BCUT2D eigenvalue weighted by molar-refractivity contribution is 0.102. The molecule has 0 atom stereocenters. The number of aryl methyl sites for hydroxylation is 1. The minimum absolute atomic E-state index is 0.148. The third-order valence-electron chi connectivity index (χ3n) is 2.73. The molecule has 0 saturated heterocycles. The quantitative estimate of drug-likeness (QED) is 0.873. The normalized spacial score (nSPS) is 10.2. The number of nitrogens with zero attached hydrogens (tertiary/aromatic N) is 1. The molecule has 0 spiro atoms. The van der Waals surface area contributed by atoms with Gasteiger partial charge < -0.3 is 10.1 Å². The fraction of sp³-hybridized carbons (Fsp3) is 0.143. The van der Waals surface area contributed by atoms with Crippen LogP contribution in [0.1, 0.15) is 15.9 Å². The summed E-state index contributed by atoms with van der Waals surface area (Å²) in [6.45, 7) is 1.84. The van der Waals surface area contributed by atoms with Crippen molar-refractivity contribution in [2.45, 2.75) is 6.92 Å². The van der Waals surface area contributed by atoms with E-state index in [1.807, 2.05) is 6.92 Å². The molecule has 104 valence electrons. The lowest BCUT2D eigenvalue weighted by atomic mass is 10.2. The second-order valence-electron chi connectivity index (χ2n) is 4.10. The predicted octanol–water partition coefficient (Wildman–Crippen LogP) is 3.96. The van der Waals surface area contributed by atoms with Crippen molar-refractivity contribution in [3.8, 4) is 5.75 Å². The van der Waals surface area contributed by atoms with Crippen molar-refractivity contribution < 1.29 is 9.53 Å². The number of carbonyl (C=O) groups excluding carboxylic acids is 1. The minimum atomic E-state index is -0.358. The van der Waals surface area contributed by atoms with Gasteiger partial charge in [0.1, 0.15) is 10.9 Å². The van der Waals surface area contributed by atoms with Crippen molar-refractivity contribution >= 4 is 34.8 Å². The largest absolute Gasteiger partial charge is 0.495 e. The first-order valence-electron chi connectivity index (χ1n) is 5.79. The van der Waals surface area contributed by atoms with Crippen LogP contribution in [0.2, 0.25) is 10.2 Å². The first kappa shape index (κ1) is 14.6. The lowest BCUT2D eigenvalue weighted by Crippen LogP contribution is -2.13. The SMILES string of the molecule is COc1cc(Cl)c(C)cc1NC(=O)c1cccnc1Cl. The van der Waals surface area contributed by atoms with Crippen LogP contribution in [0.25, 0.3) is 0 Å². The number of pyridine rings is 1. The van der Waals surface area contributed by atoms with E-state index < -0.39 is 0 Å². The smallest absolute Gasteiger partial charge is 0.258 e. The molecule has 1 heterocycles. The molecule has 0 fully saturated rings. The number of aromatic nitrogens is 1. The topological polar surface area (TPSA) is 51.2 Å². The number of carbonyl (C=O) groups is 1. The van der Waals surface area contributed by atoms with E-state index >= 15 is 0 Å². The van der Waals surface area contributed by atoms with Crippen LogP contribution >= 0.6 is 23.2 Å². The van der Waals surface area contributed by atoms with Crippen LogP contribution in [0.3, 0.4) is 0 Å². The number of anilines is 1. The van der Waals surface area contributed by atoms with Crippen LogP contribution in [-0.4, -0.2) is 18.0 Å². The number of ether oxygens (including phenoxy) is 1. The monoisotopic (exact) mass is 310 g/mol. The average Bonchev–Trinajstić information content (AvgIpc) is 2.43. The molecule has 0 radical (unpaired) electrons. The summed E-state index contributed by atoms with van der Waals surface area (Å²) in [5, 5.41) is 3.46. The molecule has 0 aliphatic rings. The molecule has 0 aliphatic heterocycles. The van der Waals surface area contributed by atoms with Gasteiger partial charge in [0.05, 0.1) is 18.4 Å². The summed E-state index contributed by atoms with van der Waals surface area (Å²) in [4.78, 5) is 16.0. The highest BCUT2D eigenvalue weighted by Gasteiger charge is 2.14. The van der Waals surface area contributed by atoms with Crippen LogP contribution in [0, 0.1) is 6.92 Å². The summed E-state index contributed by atoms with van der Waals surface area (Å²) in [6.07, 6.45) is 1.52. The Balaban J connectivity index is 2.33. The van der Waals surface area contributed by atoms with Gasteiger partial charge >= 0.3 is 0 Å². The zero-order valence-electron chi connectivity index (χ0n) is 10.9. The molecule has 1 amide bonds. The molecule has 1 aromatic carbocycles. The number of rotatable bonds is 3. The van der Waals surface area contributed by atoms with E-state index in [2.05, 4.69) is 10.3 Å². The summed E-state index contributed by atoms with van der Waals surface area (Å²) in [7, 11) is 1.51. The molecule has 0 bridgehead atoms. The van der Waals surface area contributed by atoms with Crippen LogP contribution in [0.15, 0.2) is 30.5 Å². The molecule has 1 aromatic heterocycles. The number of amides is 1. The Hall–Kier alpha value is -1.78. The molecule has 0 aliphatic carbocycles. The summed E-state index contributed by atoms with van der Waals surface area (Å²) in [5.74, 6) is 0.122. The lowest BCUT2D eigenvalue weighted by Gasteiger charge is -2.12. The second kappa shape index (κ2) is 6.11. The van der Waals surface area contributed by atoms with Crippen LogP contribution in [0.5, 0.6) is 5.75 Å². The molecule has 2 aromatic rings. The fourth-order valence-electron chi connectivity index (χ4n) is 1.67. The van der Waals surface area contributed by atoms with Crippen LogP contribution in [-0.2, 0) is 0 Å². The Bertz CT molecular complexity index is 660. The molecule has 20 heavy (non-hydrogen) atoms. The van der Waals surface area contributed by atoms with E-state index in [-0.39, 0.29) is 11.1 Å². The maximum absolute atomic E-state index is 12.2. The Morgan fingerprint density at radius 1 is 1.35 bits per heavy atom. The summed E-state index contributed by atoms with van der Waals surface area (Å²) >= 11 is 11.9. The van der Waals surface area contributed by atoms with Crippen molar-refractivity contribution in [1.82, 2.24) is 4.98 Å². The van der Waals surface area contributed by atoms with Gasteiger partial charge in [0.15, 0.2) is 0 Å². The van der Waals surface area contributed by atoms with Gasteiger partial charge in [0, 0.05) is 17.3 Å². The van der Waals surface area contributed by atoms with Gasteiger partial charge in [0.25, 0.3) is 5.91 Å². The highest BCUT2D eigenvalue weighted by Crippen LogP contribution is 2.31. The summed E-state index contributed by atoms with van der Waals surface area (Å²) in [6, 6.07) is 6.63. The Morgan fingerprint density at radius 2 is 2.10 bits per heavy atom. The van der Waals surface area contributed by atoms with Crippen LogP contribution in [0.4, 0.5) is 5.69 Å². The number of halogens is 2. The molecular weight excluding hydrogens is 299 g/mol. The van der Waals surface area contributed by atoms with Crippen molar-refractivity contribution in [2.24, 2.45) is 0 Å². The number of nitrogens with one attached hydrogen (secondary N) is 1. The maximum Gasteiger partial charge on any atom is 0.258 e. The molecule has 6 heteroatoms.